The molecule has 2 aromatic rings. The molecule has 0 bridgehead atoms. The summed E-state index contributed by atoms with van der Waals surface area (Å²) >= 11 is 17.7. The third kappa shape index (κ3) is 4.54. The second-order valence-electron chi connectivity index (χ2n) is 4.57. The number of methoxy groups -OCH3 is 1. The lowest BCUT2D eigenvalue weighted by atomic mass is 10.2. The SMILES string of the molecule is COc1ccccc1C(=O)OCC(=O)Nc1c(Cl)cc(Cl)cc1Cl. The van der Waals surface area contributed by atoms with Crippen LogP contribution in [0.15, 0.2) is 36.4 Å². The Morgan fingerprint density at radius 2 is 1.71 bits per heavy atom. The Hall–Kier alpha value is -1.95. The Morgan fingerprint density at radius 3 is 2.33 bits per heavy atom. The summed E-state index contributed by atoms with van der Waals surface area (Å²) in [6.07, 6.45) is 0. The maximum Gasteiger partial charge on any atom is 0.342 e. The van der Waals surface area contributed by atoms with E-state index in [0.717, 1.165) is 0 Å². The van der Waals surface area contributed by atoms with Gasteiger partial charge in [-0.1, -0.05) is 46.9 Å². The van der Waals surface area contributed by atoms with E-state index in [1.54, 1.807) is 18.2 Å². The Morgan fingerprint density at radius 1 is 1.08 bits per heavy atom. The van der Waals surface area contributed by atoms with Crippen LogP contribution in [0.1, 0.15) is 10.4 Å². The summed E-state index contributed by atoms with van der Waals surface area (Å²) in [6, 6.07) is 9.39. The zero-order valence-corrected chi connectivity index (χ0v) is 14.7. The van der Waals surface area contributed by atoms with Gasteiger partial charge in [0.1, 0.15) is 11.3 Å². The molecule has 8 heteroatoms. The fourth-order valence-electron chi connectivity index (χ4n) is 1.86. The standard InChI is InChI=1S/C16H12Cl3NO4/c1-23-13-5-3-2-4-10(13)16(22)24-8-14(21)20-15-11(18)6-9(17)7-12(15)19/h2-7H,8H2,1H3,(H,20,21). The first-order valence-corrected chi connectivity index (χ1v) is 7.80. The first-order chi connectivity index (χ1) is 11.4. The van der Waals surface area contributed by atoms with Crippen molar-refractivity contribution in [3.63, 3.8) is 0 Å². The number of benzene rings is 2. The molecule has 0 saturated heterocycles. The van der Waals surface area contributed by atoms with E-state index in [2.05, 4.69) is 5.32 Å². The number of carbonyl (C=O) groups is 2. The topological polar surface area (TPSA) is 64.6 Å². The van der Waals surface area contributed by atoms with Crippen LogP contribution in [0, 0.1) is 0 Å². The van der Waals surface area contributed by atoms with E-state index in [0.29, 0.717) is 10.8 Å². The van der Waals surface area contributed by atoms with Crippen LogP contribution in [-0.2, 0) is 9.53 Å². The van der Waals surface area contributed by atoms with Crippen molar-refractivity contribution < 1.29 is 19.1 Å². The largest absolute Gasteiger partial charge is 0.496 e. The molecule has 0 spiro atoms. The van der Waals surface area contributed by atoms with Crippen LogP contribution in [0.25, 0.3) is 0 Å². The van der Waals surface area contributed by atoms with Crippen molar-refractivity contribution in [1.29, 1.82) is 0 Å². The minimum atomic E-state index is -0.684. The molecule has 0 radical (unpaired) electrons. The third-order valence-electron chi connectivity index (χ3n) is 2.93. The minimum Gasteiger partial charge on any atom is -0.496 e. The van der Waals surface area contributed by atoms with Crippen LogP contribution in [0.3, 0.4) is 0 Å². The summed E-state index contributed by atoms with van der Waals surface area (Å²) in [7, 11) is 1.43. The van der Waals surface area contributed by atoms with Gasteiger partial charge in [0, 0.05) is 5.02 Å². The Balaban J connectivity index is 2.00. The van der Waals surface area contributed by atoms with E-state index >= 15 is 0 Å². The van der Waals surface area contributed by atoms with Crippen molar-refractivity contribution in [2.45, 2.75) is 0 Å². The molecule has 0 aliphatic carbocycles. The van der Waals surface area contributed by atoms with Crippen molar-refractivity contribution in [1.82, 2.24) is 0 Å². The molecule has 0 aliphatic heterocycles. The summed E-state index contributed by atoms with van der Waals surface area (Å²) in [5, 5.41) is 3.17. The molecule has 0 saturated carbocycles. The minimum absolute atomic E-state index is 0.178. The number of esters is 1. The van der Waals surface area contributed by atoms with Crippen molar-refractivity contribution >= 4 is 52.4 Å². The Kier molecular flexibility index (Phi) is 6.31. The number of carbonyl (C=O) groups excluding carboxylic acids is 2. The molecule has 0 atom stereocenters. The molecular weight excluding hydrogens is 377 g/mol. The zero-order valence-electron chi connectivity index (χ0n) is 12.4. The predicted octanol–water partition coefficient (Wildman–Crippen LogP) is 4.45. The highest BCUT2D eigenvalue weighted by molar-refractivity contribution is 6.42. The number of hydrogen-bond donors (Lipinski definition) is 1. The summed E-state index contributed by atoms with van der Waals surface area (Å²) in [6.45, 7) is -0.508. The van der Waals surface area contributed by atoms with E-state index < -0.39 is 18.5 Å². The van der Waals surface area contributed by atoms with Gasteiger partial charge in [-0.3, -0.25) is 4.79 Å². The molecule has 0 unspecified atom stereocenters. The molecule has 1 N–H and O–H groups in total. The fourth-order valence-corrected chi connectivity index (χ4v) is 2.77. The fraction of sp³-hybridized carbons (Fsp3) is 0.125. The van der Waals surface area contributed by atoms with E-state index in [4.69, 9.17) is 44.3 Å². The molecule has 0 heterocycles. The molecule has 2 rings (SSSR count). The van der Waals surface area contributed by atoms with Gasteiger partial charge in [-0.25, -0.2) is 4.79 Å². The summed E-state index contributed by atoms with van der Waals surface area (Å²) in [4.78, 5) is 23.9. The normalized spacial score (nSPS) is 10.2. The number of rotatable bonds is 5. The molecular formula is C16H12Cl3NO4. The highest BCUT2D eigenvalue weighted by Gasteiger charge is 2.16. The number of amides is 1. The van der Waals surface area contributed by atoms with Gasteiger partial charge in [0.2, 0.25) is 0 Å². The first-order valence-electron chi connectivity index (χ1n) is 6.67. The van der Waals surface area contributed by atoms with Crippen LogP contribution in [0.4, 0.5) is 5.69 Å². The number of ether oxygens (including phenoxy) is 2. The van der Waals surface area contributed by atoms with Crippen molar-refractivity contribution in [2.24, 2.45) is 0 Å². The van der Waals surface area contributed by atoms with Gasteiger partial charge in [0.05, 0.1) is 22.8 Å². The molecule has 0 aromatic heterocycles. The van der Waals surface area contributed by atoms with Crippen molar-refractivity contribution in [3.05, 3.63) is 57.0 Å². The highest BCUT2D eigenvalue weighted by Crippen LogP contribution is 2.33. The molecule has 2 aromatic carbocycles. The number of halogens is 3. The summed E-state index contributed by atoms with van der Waals surface area (Å²) < 4.78 is 10.0. The molecule has 0 fully saturated rings. The molecule has 24 heavy (non-hydrogen) atoms. The van der Waals surface area contributed by atoms with E-state index in [1.807, 2.05) is 0 Å². The lowest BCUT2D eigenvalue weighted by molar-refractivity contribution is -0.119. The van der Waals surface area contributed by atoms with Gasteiger partial charge in [-0.05, 0) is 24.3 Å². The van der Waals surface area contributed by atoms with Crippen LogP contribution in [0.5, 0.6) is 5.75 Å². The van der Waals surface area contributed by atoms with Crippen LogP contribution < -0.4 is 10.1 Å². The average Bonchev–Trinajstić information content (AvgIpc) is 2.55. The maximum absolute atomic E-state index is 12.0. The average molecular weight is 389 g/mol. The van der Waals surface area contributed by atoms with Gasteiger partial charge >= 0.3 is 5.97 Å². The van der Waals surface area contributed by atoms with Crippen molar-refractivity contribution in [2.75, 3.05) is 19.0 Å². The van der Waals surface area contributed by atoms with Gasteiger partial charge in [-0.15, -0.1) is 0 Å². The lowest BCUT2D eigenvalue weighted by Gasteiger charge is -2.11. The predicted molar refractivity (Wildman–Crippen MR) is 93.4 cm³/mol. The zero-order chi connectivity index (χ0) is 17.7. The van der Waals surface area contributed by atoms with E-state index in [1.165, 1.54) is 25.3 Å². The molecule has 1 amide bonds. The molecule has 5 nitrogen and oxygen atoms in total. The first kappa shape index (κ1) is 18.4. The number of anilines is 1. The van der Waals surface area contributed by atoms with Gasteiger partial charge < -0.3 is 14.8 Å². The number of hydrogen-bond acceptors (Lipinski definition) is 4. The van der Waals surface area contributed by atoms with Gasteiger partial charge in [0.25, 0.3) is 5.91 Å². The maximum atomic E-state index is 12.0. The molecule has 126 valence electrons. The monoisotopic (exact) mass is 387 g/mol. The quantitative estimate of drug-likeness (QED) is 0.769. The second-order valence-corrected chi connectivity index (χ2v) is 5.82. The highest BCUT2D eigenvalue weighted by atomic mass is 35.5. The van der Waals surface area contributed by atoms with Crippen LogP contribution >= 0.6 is 34.8 Å². The van der Waals surface area contributed by atoms with Crippen molar-refractivity contribution in [3.8, 4) is 5.75 Å². The smallest absolute Gasteiger partial charge is 0.342 e. The summed E-state index contributed by atoms with van der Waals surface area (Å²) in [5.41, 5.74) is 0.413. The second kappa shape index (κ2) is 8.24. The lowest BCUT2D eigenvalue weighted by Crippen LogP contribution is -2.21. The van der Waals surface area contributed by atoms with E-state index in [-0.39, 0.29) is 21.3 Å². The molecule has 0 aliphatic rings. The van der Waals surface area contributed by atoms with Gasteiger partial charge in [0.15, 0.2) is 6.61 Å². The third-order valence-corrected chi connectivity index (χ3v) is 3.75. The number of nitrogens with one attached hydrogen (secondary N) is 1. The number of para-hydroxylation sites is 1. The van der Waals surface area contributed by atoms with E-state index in [9.17, 15) is 9.59 Å². The Bertz CT molecular complexity index is 757. The Labute approximate surface area is 153 Å². The van der Waals surface area contributed by atoms with Crippen LogP contribution in [0.2, 0.25) is 15.1 Å². The summed E-state index contributed by atoms with van der Waals surface area (Å²) in [5.74, 6) is -0.924. The van der Waals surface area contributed by atoms with Gasteiger partial charge in [-0.2, -0.15) is 0 Å². The van der Waals surface area contributed by atoms with Crippen LogP contribution in [-0.4, -0.2) is 25.6 Å².